The number of aromatic nitrogens is 4. The van der Waals surface area contributed by atoms with Gasteiger partial charge in [0.15, 0.2) is 0 Å². The number of fused-ring (bicyclic) bond motifs is 20. The molecule has 0 aliphatic heterocycles. The Morgan fingerprint density at radius 1 is 0.427 bits per heavy atom. The van der Waals surface area contributed by atoms with Gasteiger partial charge in [-0.25, -0.2) is 0 Å². The van der Waals surface area contributed by atoms with E-state index in [1.165, 1.54) is 139 Å². The molecule has 0 aliphatic carbocycles. The minimum atomic E-state index is -0.210. The summed E-state index contributed by atoms with van der Waals surface area (Å²) in [5.74, 6) is -0.210. The first kappa shape index (κ1) is 57.9. The maximum absolute atomic E-state index is 10.7. The zero-order chi connectivity index (χ0) is 64.3. The third-order valence-corrected chi connectivity index (χ3v) is 23.4. The smallest absolute Gasteiger partial charge is 0.0991 e. The van der Waals surface area contributed by atoms with Gasteiger partial charge in [-0.2, -0.15) is 5.26 Å². The van der Waals surface area contributed by atoms with Gasteiger partial charge in [-0.3, -0.25) is 0 Å². The van der Waals surface area contributed by atoms with Crippen LogP contribution < -0.4 is 0 Å². The zero-order valence-electron chi connectivity index (χ0n) is 54.1. The Bertz CT molecular complexity index is 6190. The first-order valence-electron chi connectivity index (χ1n) is 34.0. The van der Waals surface area contributed by atoms with E-state index in [1.807, 2.05) is 34.8 Å². The molecule has 6 heterocycles. The summed E-state index contributed by atoms with van der Waals surface area (Å²) in [6.45, 7) is 13.6. The number of para-hydroxylation sites is 5. The summed E-state index contributed by atoms with van der Waals surface area (Å²) < 4.78 is 15.5. The topological polar surface area (TPSA) is 43.5 Å². The van der Waals surface area contributed by atoms with Crippen molar-refractivity contribution in [1.29, 1.82) is 5.26 Å². The molecular weight excluding hydrogens is 1200 g/mol. The normalized spacial score (nSPS) is 13.5. The van der Waals surface area contributed by atoms with Crippen LogP contribution in [0.5, 0.6) is 0 Å². The number of hydrogen-bond donors (Lipinski definition) is 0. The van der Waals surface area contributed by atoms with Crippen molar-refractivity contribution in [3.05, 3.63) is 295 Å². The van der Waals surface area contributed by atoms with Crippen LogP contribution in [0.15, 0.2) is 267 Å². The highest BCUT2D eigenvalue weighted by atomic mass is 32.1. The van der Waals surface area contributed by atoms with E-state index < -0.39 is 0 Å². The van der Waals surface area contributed by atoms with Gasteiger partial charge in [0.25, 0.3) is 0 Å². The number of benzene rings is 12. The summed E-state index contributed by atoms with van der Waals surface area (Å²) in [6.07, 6.45) is 4.93. The van der Waals surface area contributed by atoms with Gasteiger partial charge in [0.2, 0.25) is 0 Å². The summed E-state index contributed by atoms with van der Waals surface area (Å²) in [7, 11) is 0. The Morgan fingerprint density at radius 2 is 0.875 bits per heavy atom. The van der Waals surface area contributed by atoms with E-state index in [1.54, 1.807) is 0 Å². The highest BCUT2D eigenvalue weighted by molar-refractivity contribution is 7.26. The van der Waals surface area contributed by atoms with Crippen molar-refractivity contribution >= 4 is 167 Å². The van der Waals surface area contributed by atoms with Gasteiger partial charge in [0, 0.05) is 136 Å². The van der Waals surface area contributed by atoms with Gasteiger partial charge in [0.1, 0.15) is 0 Å². The predicted molar refractivity (Wildman–Crippen MR) is 413 cm³/mol. The van der Waals surface area contributed by atoms with Crippen LogP contribution in [-0.2, 0) is 19.4 Å². The quantitative estimate of drug-likeness (QED) is 0.0702. The fraction of sp³-hybridized carbons (Fsp3) is 0.135. The number of unbranched alkanes of at least 4 members (excludes halogenated alkanes) is 1. The van der Waals surface area contributed by atoms with Gasteiger partial charge >= 0.3 is 0 Å². The monoisotopic (exact) mass is 1270 g/mol. The van der Waals surface area contributed by atoms with E-state index >= 15 is 0 Å². The lowest BCUT2D eigenvalue weighted by molar-refractivity contribution is 0.367. The lowest BCUT2D eigenvalue weighted by Gasteiger charge is -2.35. The summed E-state index contributed by atoms with van der Waals surface area (Å²) in [5, 5.41) is 25.8. The zero-order valence-corrected chi connectivity index (χ0v) is 55.7. The fourth-order valence-corrected chi connectivity index (χ4v) is 19.0. The van der Waals surface area contributed by atoms with E-state index in [0.29, 0.717) is 5.56 Å². The van der Waals surface area contributed by atoms with Crippen molar-refractivity contribution in [3.63, 3.8) is 0 Å². The molecule has 0 fully saturated rings. The van der Waals surface area contributed by atoms with Crippen LogP contribution in [0.1, 0.15) is 79.9 Å². The molecule has 3 unspecified atom stereocenters. The van der Waals surface area contributed by atoms with Crippen molar-refractivity contribution < 1.29 is 0 Å². The highest BCUT2D eigenvalue weighted by Gasteiger charge is 2.35. The molecule has 3 atom stereocenters. The highest BCUT2D eigenvalue weighted by Crippen LogP contribution is 2.53. The molecule has 12 aromatic carbocycles. The van der Waals surface area contributed by atoms with Gasteiger partial charge in [-0.05, 0) is 159 Å². The van der Waals surface area contributed by atoms with Crippen LogP contribution >= 0.6 is 22.7 Å². The van der Waals surface area contributed by atoms with Gasteiger partial charge in [0.05, 0.1) is 33.9 Å². The SMILES string of the molecule is C=C(/C(=C(/c1ccc(C#N)cc1)C(CC(C)n1c2ccccc2c2ccccc21)C(C)n1c2ccccc2c2ccc3sc4ccccc4c3c21)n1c2ccccc2c2ccc3sc4ccccc4c3c21)c1ccc(CCCCc2ccc3c4ccccc4n(CC)c3c2)cc1. The second-order valence-corrected chi connectivity index (χ2v) is 28.6. The molecule has 7 heteroatoms. The van der Waals surface area contributed by atoms with Crippen LogP contribution in [0.4, 0.5) is 0 Å². The molecule has 0 spiro atoms. The summed E-state index contributed by atoms with van der Waals surface area (Å²) >= 11 is 3.75. The first-order valence-corrected chi connectivity index (χ1v) is 35.6. The van der Waals surface area contributed by atoms with Gasteiger partial charge in [-0.1, -0.05) is 195 Å². The molecule has 0 bridgehead atoms. The average molecular weight is 1270 g/mol. The average Bonchev–Trinajstić information content (AvgIpc) is 1.65. The van der Waals surface area contributed by atoms with Gasteiger partial charge < -0.3 is 18.3 Å². The van der Waals surface area contributed by atoms with Crippen molar-refractivity contribution in [2.75, 3.05) is 0 Å². The maximum atomic E-state index is 10.7. The number of allylic oxidation sites excluding steroid dienone is 3. The second-order valence-electron chi connectivity index (χ2n) is 26.4. The number of rotatable bonds is 16. The Labute approximate surface area is 565 Å². The van der Waals surface area contributed by atoms with E-state index in [4.69, 9.17) is 6.58 Å². The molecule has 18 rings (SSSR count). The molecule has 0 saturated carbocycles. The van der Waals surface area contributed by atoms with E-state index in [9.17, 15) is 5.26 Å². The molecule has 0 aliphatic rings. The van der Waals surface area contributed by atoms with Crippen molar-refractivity contribution in [2.24, 2.45) is 5.92 Å². The molecule has 0 amide bonds. The van der Waals surface area contributed by atoms with Crippen LogP contribution in [0, 0.1) is 17.2 Å². The van der Waals surface area contributed by atoms with Crippen molar-refractivity contribution in [1.82, 2.24) is 18.3 Å². The number of hydrogen-bond acceptors (Lipinski definition) is 3. The molecular formula is C89H69N5S2. The standard InChI is InChI=1S/C89H69N5S2/c1-5-91-74-31-15-8-24-63(74)68-47-42-59(53-79(68)91)23-7-6-22-58-38-43-61(44-39-58)56(3)87(94-78-35-19-12-28-67(78)70-49-51-83-86(89(70)94)72-30-14-21-37-81(72)96-83)84(62-45-40-60(54-90)41-46-62)73(52-55(2)92-75-32-16-9-25-64(75)65-26-10-17-33-76(65)92)57(4)93-77-34-18-11-27-66(77)69-48-50-82-85(88(69)93)71-29-13-20-36-80(71)95-82/h8-21,24-51,53,55,57,73H,3,5-7,22-23,52H2,1-2,4H3/b87-84+. The molecule has 5 nitrogen and oxygen atoms in total. The van der Waals surface area contributed by atoms with Crippen LogP contribution in [-0.4, -0.2) is 18.3 Å². The molecule has 0 saturated heterocycles. The molecule has 96 heavy (non-hydrogen) atoms. The third kappa shape index (κ3) is 9.14. The third-order valence-electron chi connectivity index (χ3n) is 21.1. The maximum Gasteiger partial charge on any atom is 0.0991 e. The first-order chi connectivity index (χ1) is 47.3. The van der Waals surface area contributed by atoms with E-state index in [0.717, 1.165) is 66.6 Å². The Hall–Kier alpha value is -10.8. The van der Waals surface area contributed by atoms with E-state index in [-0.39, 0.29) is 18.0 Å². The largest absolute Gasteiger partial charge is 0.341 e. The number of aryl methyl sites for hydroxylation is 3. The molecule has 6 aromatic heterocycles. The van der Waals surface area contributed by atoms with E-state index in [2.05, 4.69) is 294 Å². The lowest BCUT2D eigenvalue weighted by Crippen LogP contribution is -2.24. The Kier molecular flexibility index (Phi) is 14.1. The van der Waals surface area contributed by atoms with Crippen LogP contribution in [0.3, 0.4) is 0 Å². The minimum absolute atomic E-state index is 0.0175. The fourth-order valence-electron chi connectivity index (χ4n) is 16.8. The van der Waals surface area contributed by atoms with Crippen molar-refractivity contribution in [3.8, 4) is 6.07 Å². The molecule has 0 N–H and O–H groups in total. The summed E-state index contributed by atoms with van der Waals surface area (Å²) in [5.41, 5.74) is 18.5. The predicted octanol–water partition coefficient (Wildman–Crippen LogP) is 24.9. The van der Waals surface area contributed by atoms with Crippen LogP contribution in [0.2, 0.25) is 0 Å². The van der Waals surface area contributed by atoms with Crippen LogP contribution in [0.25, 0.3) is 144 Å². The Morgan fingerprint density at radius 3 is 1.47 bits per heavy atom. The second kappa shape index (κ2) is 23.3. The minimum Gasteiger partial charge on any atom is -0.341 e. The molecule has 0 radical (unpaired) electrons. The number of nitriles is 1. The Balaban J connectivity index is 0.877. The van der Waals surface area contributed by atoms with Crippen molar-refractivity contribution in [2.45, 2.75) is 71.5 Å². The summed E-state index contributed by atoms with van der Waals surface area (Å²) in [4.78, 5) is 0. The summed E-state index contributed by atoms with van der Waals surface area (Å²) in [6, 6.07) is 99.7. The van der Waals surface area contributed by atoms with Gasteiger partial charge in [-0.15, -0.1) is 22.7 Å². The molecule has 18 aromatic rings. The lowest BCUT2D eigenvalue weighted by atomic mass is 9.79. The number of nitrogens with zero attached hydrogens (tertiary/aromatic N) is 5. The number of thiophene rings is 2. The molecule has 462 valence electrons.